The van der Waals surface area contributed by atoms with Crippen molar-refractivity contribution in [3.8, 4) is 0 Å². The first kappa shape index (κ1) is 23.0. The Morgan fingerprint density at radius 3 is 2.09 bits per heavy atom. The molecule has 0 radical (unpaired) electrons. The zero-order valence-electron chi connectivity index (χ0n) is 18.9. The molecule has 0 saturated heterocycles. The standard InChI is InChI=1S/C28H27N3O3/c1-2-19-30-24-12-6-7-13-25(24)31(28(34)27(30)33)20-22-14-16-23(17-15-22)26(32)29-18-8-11-21-9-4-3-5-10-21/h2-7,9-10,12-17H,1,8,11,18-20H2,(H,29,32). The first-order valence-corrected chi connectivity index (χ1v) is 11.3. The highest BCUT2D eigenvalue weighted by atomic mass is 16.2. The number of aromatic nitrogens is 2. The summed E-state index contributed by atoms with van der Waals surface area (Å²) < 4.78 is 2.92. The van der Waals surface area contributed by atoms with Gasteiger partial charge in [0.25, 0.3) is 5.91 Å². The lowest BCUT2D eigenvalue weighted by molar-refractivity contribution is 0.0953. The third kappa shape index (κ3) is 5.07. The second-order valence-electron chi connectivity index (χ2n) is 8.13. The SMILES string of the molecule is C=CCn1c(=O)c(=O)n(Cc2ccc(C(=O)NCCCc3ccccc3)cc2)c2ccccc21. The fourth-order valence-electron chi connectivity index (χ4n) is 4.02. The molecular formula is C28H27N3O3. The Bertz CT molecular complexity index is 1420. The van der Waals surface area contributed by atoms with E-state index < -0.39 is 11.1 Å². The lowest BCUT2D eigenvalue weighted by Gasteiger charge is -2.14. The second kappa shape index (κ2) is 10.6. The van der Waals surface area contributed by atoms with E-state index in [-0.39, 0.29) is 19.0 Å². The number of benzene rings is 3. The number of rotatable bonds is 9. The van der Waals surface area contributed by atoms with Crippen LogP contribution in [0.2, 0.25) is 0 Å². The maximum absolute atomic E-state index is 12.8. The van der Waals surface area contributed by atoms with Crippen LogP contribution in [0, 0.1) is 0 Å². The third-order valence-electron chi connectivity index (χ3n) is 5.78. The Morgan fingerprint density at radius 2 is 1.41 bits per heavy atom. The van der Waals surface area contributed by atoms with Gasteiger partial charge in [-0.2, -0.15) is 0 Å². The van der Waals surface area contributed by atoms with Crippen molar-refractivity contribution >= 4 is 16.9 Å². The van der Waals surface area contributed by atoms with Gasteiger partial charge in [0.1, 0.15) is 0 Å². The molecule has 1 aromatic heterocycles. The Kier molecular flexibility index (Phi) is 7.18. The van der Waals surface area contributed by atoms with Gasteiger partial charge in [-0.15, -0.1) is 6.58 Å². The van der Waals surface area contributed by atoms with Crippen molar-refractivity contribution in [1.82, 2.24) is 14.5 Å². The third-order valence-corrected chi connectivity index (χ3v) is 5.78. The quantitative estimate of drug-likeness (QED) is 0.238. The molecule has 172 valence electrons. The molecule has 4 rings (SSSR count). The molecule has 6 nitrogen and oxygen atoms in total. The minimum atomic E-state index is -0.583. The lowest BCUT2D eigenvalue weighted by atomic mass is 10.1. The average molecular weight is 454 g/mol. The van der Waals surface area contributed by atoms with Crippen LogP contribution in [-0.2, 0) is 19.5 Å². The Labute approximate surface area is 197 Å². The van der Waals surface area contributed by atoms with E-state index >= 15 is 0 Å². The van der Waals surface area contributed by atoms with Crippen LogP contribution in [0.25, 0.3) is 11.0 Å². The molecule has 0 aliphatic carbocycles. The van der Waals surface area contributed by atoms with Gasteiger partial charge in [-0.25, -0.2) is 0 Å². The summed E-state index contributed by atoms with van der Waals surface area (Å²) in [5.74, 6) is -0.130. The summed E-state index contributed by atoms with van der Waals surface area (Å²) in [5, 5.41) is 2.95. The highest BCUT2D eigenvalue weighted by molar-refractivity contribution is 5.94. The Balaban J connectivity index is 1.46. The summed E-state index contributed by atoms with van der Waals surface area (Å²) in [6, 6.07) is 24.6. The van der Waals surface area contributed by atoms with Crippen LogP contribution in [-0.4, -0.2) is 21.6 Å². The van der Waals surface area contributed by atoms with E-state index in [9.17, 15) is 14.4 Å². The molecule has 1 heterocycles. The fraction of sp³-hybridized carbons (Fsp3) is 0.179. The molecule has 0 spiro atoms. The van der Waals surface area contributed by atoms with Gasteiger partial charge in [-0.3, -0.25) is 23.5 Å². The van der Waals surface area contributed by atoms with Crippen LogP contribution >= 0.6 is 0 Å². The Hall–Kier alpha value is -4.19. The predicted molar refractivity (Wildman–Crippen MR) is 135 cm³/mol. The van der Waals surface area contributed by atoms with Crippen LogP contribution in [0.1, 0.15) is 27.9 Å². The normalized spacial score (nSPS) is 10.8. The molecule has 34 heavy (non-hydrogen) atoms. The number of para-hydroxylation sites is 2. The van der Waals surface area contributed by atoms with Crippen LogP contribution < -0.4 is 16.4 Å². The fourth-order valence-corrected chi connectivity index (χ4v) is 4.02. The number of carbonyl (C=O) groups excluding carboxylic acids is 1. The maximum Gasteiger partial charge on any atom is 0.317 e. The predicted octanol–water partition coefficient (Wildman–Crippen LogP) is 3.76. The van der Waals surface area contributed by atoms with Crippen molar-refractivity contribution in [1.29, 1.82) is 0 Å². The number of nitrogens with zero attached hydrogens (tertiary/aromatic N) is 2. The Morgan fingerprint density at radius 1 is 0.794 bits per heavy atom. The van der Waals surface area contributed by atoms with Gasteiger partial charge in [0.2, 0.25) is 0 Å². The number of amides is 1. The lowest BCUT2D eigenvalue weighted by Crippen LogP contribution is -2.41. The molecule has 3 aromatic carbocycles. The molecule has 1 N–H and O–H groups in total. The van der Waals surface area contributed by atoms with Gasteiger partial charge < -0.3 is 5.32 Å². The van der Waals surface area contributed by atoms with Crippen molar-refractivity contribution in [2.75, 3.05) is 6.54 Å². The van der Waals surface area contributed by atoms with Gasteiger partial charge in [-0.05, 0) is 48.2 Å². The van der Waals surface area contributed by atoms with E-state index in [0.717, 1.165) is 18.4 Å². The molecule has 0 fully saturated rings. The highest BCUT2D eigenvalue weighted by Crippen LogP contribution is 2.13. The molecule has 0 aliphatic rings. The number of hydrogen-bond acceptors (Lipinski definition) is 3. The van der Waals surface area contributed by atoms with Crippen LogP contribution in [0.4, 0.5) is 0 Å². The molecule has 1 amide bonds. The van der Waals surface area contributed by atoms with Gasteiger partial charge in [0.15, 0.2) is 0 Å². The molecule has 4 aromatic rings. The number of aryl methyl sites for hydroxylation is 1. The van der Waals surface area contributed by atoms with Gasteiger partial charge in [0.05, 0.1) is 17.6 Å². The van der Waals surface area contributed by atoms with Crippen molar-refractivity contribution in [3.63, 3.8) is 0 Å². The summed E-state index contributed by atoms with van der Waals surface area (Å²) >= 11 is 0. The van der Waals surface area contributed by atoms with E-state index in [1.165, 1.54) is 14.7 Å². The van der Waals surface area contributed by atoms with Crippen molar-refractivity contribution in [3.05, 3.63) is 129 Å². The second-order valence-corrected chi connectivity index (χ2v) is 8.13. The van der Waals surface area contributed by atoms with E-state index in [0.29, 0.717) is 23.1 Å². The van der Waals surface area contributed by atoms with Gasteiger partial charge >= 0.3 is 11.1 Å². The molecular weight excluding hydrogens is 426 g/mol. The number of allylic oxidation sites excluding steroid dienone is 1. The number of hydrogen-bond donors (Lipinski definition) is 1. The molecule has 6 heteroatoms. The zero-order chi connectivity index (χ0) is 23.9. The number of fused-ring (bicyclic) bond motifs is 1. The maximum atomic E-state index is 12.8. The molecule has 0 atom stereocenters. The van der Waals surface area contributed by atoms with Gasteiger partial charge in [-0.1, -0.05) is 60.7 Å². The molecule has 0 unspecified atom stereocenters. The highest BCUT2D eigenvalue weighted by Gasteiger charge is 2.13. The van der Waals surface area contributed by atoms with E-state index in [2.05, 4.69) is 24.0 Å². The minimum Gasteiger partial charge on any atom is -0.352 e. The summed E-state index contributed by atoms with van der Waals surface area (Å²) in [6.45, 7) is 4.78. The molecule has 0 bridgehead atoms. The first-order chi connectivity index (χ1) is 16.6. The van der Waals surface area contributed by atoms with Crippen LogP contribution in [0.15, 0.2) is 101 Å². The van der Waals surface area contributed by atoms with Crippen molar-refractivity contribution < 1.29 is 4.79 Å². The summed E-state index contributed by atoms with van der Waals surface area (Å²) in [6.07, 6.45) is 3.37. The number of carbonyl (C=O) groups is 1. The average Bonchev–Trinajstić information content (AvgIpc) is 2.88. The van der Waals surface area contributed by atoms with Crippen LogP contribution in [0.5, 0.6) is 0 Å². The van der Waals surface area contributed by atoms with E-state index in [1.54, 1.807) is 18.2 Å². The van der Waals surface area contributed by atoms with Gasteiger partial charge in [0, 0.05) is 18.7 Å². The minimum absolute atomic E-state index is 0.130. The smallest absolute Gasteiger partial charge is 0.317 e. The van der Waals surface area contributed by atoms with Crippen molar-refractivity contribution in [2.45, 2.75) is 25.9 Å². The summed E-state index contributed by atoms with van der Waals surface area (Å²) in [7, 11) is 0. The topological polar surface area (TPSA) is 73.1 Å². The summed E-state index contributed by atoms with van der Waals surface area (Å²) in [5.41, 5.74) is 2.83. The molecule has 0 aliphatic heterocycles. The van der Waals surface area contributed by atoms with E-state index in [1.807, 2.05) is 54.6 Å². The largest absolute Gasteiger partial charge is 0.352 e. The number of nitrogens with one attached hydrogen (secondary N) is 1. The monoisotopic (exact) mass is 453 g/mol. The first-order valence-electron chi connectivity index (χ1n) is 11.3. The van der Waals surface area contributed by atoms with E-state index in [4.69, 9.17) is 0 Å². The summed E-state index contributed by atoms with van der Waals surface area (Å²) in [4.78, 5) is 38.0. The molecule has 0 saturated carbocycles. The van der Waals surface area contributed by atoms with Crippen LogP contribution in [0.3, 0.4) is 0 Å². The van der Waals surface area contributed by atoms with Crippen molar-refractivity contribution in [2.24, 2.45) is 0 Å². The zero-order valence-corrected chi connectivity index (χ0v) is 18.9.